The van der Waals surface area contributed by atoms with Crippen LogP contribution in [0.3, 0.4) is 0 Å². The number of fused-ring (bicyclic) bond motifs is 4. The van der Waals surface area contributed by atoms with E-state index in [1.165, 1.54) is 6.20 Å². The molecule has 3 aromatic heterocycles. The lowest BCUT2D eigenvalue weighted by Crippen LogP contribution is -2.35. The van der Waals surface area contributed by atoms with Gasteiger partial charge in [-0.05, 0) is 53.8 Å². The van der Waals surface area contributed by atoms with Gasteiger partial charge in [-0.3, -0.25) is 14.6 Å². The number of nitrogens with zero attached hydrogens (tertiary/aromatic N) is 5. The molecule has 14 heteroatoms. The van der Waals surface area contributed by atoms with Crippen molar-refractivity contribution in [2.75, 3.05) is 0 Å². The summed E-state index contributed by atoms with van der Waals surface area (Å²) < 4.78 is 87.7. The topological polar surface area (TPSA) is 112 Å². The third-order valence-corrected chi connectivity index (χ3v) is 8.75. The molecule has 1 fully saturated rings. The Balaban J connectivity index is 1.30. The van der Waals surface area contributed by atoms with E-state index in [4.69, 9.17) is 0 Å². The monoisotopic (exact) mass is 635 g/mol. The van der Waals surface area contributed by atoms with Crippen LogP contribution in [0.2, 0.25) is 0 Å². The van der Waals surface area contributed by atoms with Crippen LogP contribution in [0.15, 0.2) is 54.7 Å². The standard InChI is InChI=1S/C32H23F6N7O/c1-14-25-26-29(31(35)36)44-45(30(26)32(37,38)27(14)25)13-24(46)41-22(8-16-6-18(33)9-19(34)7-16)28-20(10-21-23(42-28)12-40-43-21)17-4-2-3-15(5-17)11-39/h2-7,9-10,12,14,22,25,27,31H,8,13H2,1H3,(H,40,43)(H,41,46)/t14?,22-,25?,27?/m0/s1. The zero-order valence-electron chi connectivity index (χ0n) is 23.9. The molecule has 2 N–H and O–H groups in total. The highest BCUT2D eigenvalue weighted by atomic mass is 19.3. The maximum Gasteiger partial charge on any atom is 0.293 e. The second-order valence-corrected chi connectivity index (χ2v) is 11.7. The summed E-state index contributed by atoms with van der Waals surface area (Å²) in [6.07, 6.45) is -1.88. The van der Waals surface area contributed by atoms with E-state index in [9.17, 15) is 27.6 Å². The van der Waals surface area contributed by atoms with Gasteiger partial charge < -0.3 is 5.32 Å². The van der Waals surface area contributed by atoms with E-state index in [1.807, 2.05) is 0 Å². The summed E-state index contributed by atoms with van der Waals surface area (Å²) >= 11 is 0. The van der Waals surface area contributed by atoms with E-state index in [2.05, 4.69) is 31.7 Å². The fraction of sp³-hybridized carbons (Fsp3) is 0.281. The van der Waals surface area contributed by atoms with Gasteiger partial charge in [-0.1, -0.05) is 19.1 Å². The molecule has 0 spiro atoms. The van der Waals surface area contributed by atoms with Gasteiger partial charge in [0.05, 0.1) is 35.1 Å². The van der Waals surface area contributed by atoms with Crippen LogP contribution >= 0.6 is 0 Å². The maximum absolute atomic E-state index is 15.4. The van der Waals surface area contributed by atoms with E-state index in [-0.39, 0.29) is 23.2 Å². The smallest absolute Gasteiger partial charge is 0.293 e. The van der Waals surface area contributed by atoms with Crippen LogP contribution < -0.4 is 5.32 Å². The molecule has 2 aliphatic carbocycles. The highest BCUT2D eigenvalue weighted by molar-refractivity contribution is 5.83. The fourth-order valence-electron chi connectivity index (χ4n) is 6.77. The third kappa shape index (κ3) is 4.86. The Morgan fingerprint density at radius 2 is 1.89 bits per heavy atom. The fourth-order valence-corrected chi connectivity index (χ4v) is 6.77. The number of aromatic amines is 1. The van der Waals surface area contributed by atoms with Gasteiger partial charge in [0.15, 0.2) is 0 Å². The number of benzene rings is 2. The quantitative estimate of drug-likeness (QED) is 0.190. The number of nitriles is 1. The van der Waals surface area contributed by atoms with Crippen molar-refractivity contribution < 1.29 is 31.1 Å². The molecular weight excluding hydrogens is 612 g/mol. The predicted octanol–water partition coefficient (Wildman–Crippen LogP) is 6.46. The number of H-pyrrole nitrogens is 1. The first kappa shape index (κ1) is 29.5. The molecule has 0 bridgehead atoms. The van der Waals surface area contributed by atoms with Crippen molar-refractivity contribution in [1.29, 1.82) is 5.26 Å². The van der Waals surface area contributed by atoms with Crippen molar-refractivity contribution in [3.05, 3.63) is 100 Å². The van der Waals surface area contributed by atoms with Gasteiger partial charge in [-0.2, -0.15) is 24.2 Å². The SMILES string of the molecule is CC1C2c3c(C(F)F)nn(CC(=O)N[C@@H](Cc4cc(F)cc(F)c4)c4nc5cn[nH]c5cc4-c4cccc(C#N)c4)c3C(F)(F)C12. The average molecular weight is 636 g/mol. The number of rotatable bonds is 8. The maximum atomic E-state index is 15.4. The van der Waals surface area contributed by atoms with E-state index in [1.54, 1.807) is 37.3 Å². The molecule has 1 amide bonds. The Morgan fingerprint density at radius 1 is 1.13 bits per heavy atom. The molecule has 1 saturated carbocycles. The lowest BCUT2D eigenvalue weighted by Gasteiger charge is -2.23. The highest BCUT2D eigenvalue weighted by Gasteiger charge is 2.71. The van der Waals surface area contributed by atoms with Crippen LogP contribution in [0, 0.1) is 34.8 Å². The van der Waals surface area contributed by atoms with E-state index in [0.717, 1.165) is 12.1 Å². The lowest BCUT2D eigenvalue weighted by atomic mass is 9.94. The molecule has 234 valence electrons. The summed E-state index contributed by atoms with van der Waals surface area (Å²) in [5.74, 6) is -8.44. The Morgan fingerprint density at radius 3 is 2.61 bits per heavy atom. The van der Waals surface area contributed by atoms with Gasteiger partial charge in [0.2, 0.25) is 5.91 Å². The van der Waals surface area contributed by atoms with Gasteiger partial charge in [-0.25, -0.2) is 22.5 Å². The van der Waals surface area contributed by atoms with Crippen molar-refractivity contribution in [3.63, 3.8) is 0 Å². The van der Waals surface area contributed by atoms with Gasteiger partial charge in [0.25, 0.3) is 12.3 Å². The molecule has 8 nitrogen and oxygen atoms in total. The zero-order valence-corrected chi connectivity index (χ0v) is 23.9. The summed E-state index contributed by atoms with van der Waals surface area (Å²) in [5, 5.41) is 22.8. The lowest BCUT2D eigenvalue weighted by molar-refractivity contribution is -0.123. The van der Waals surface area contributed by atoms with Crippen molar-refractivity contribution in [3.8, 4) is 17.2 Å². The minimum Gasteiger partial charge on any atom is -0.346 e. The summed E-state index contributed by atoms with van der Waals surface area (Å²) in [5.41, 5.74) is 0.915. The zero-order chi connectivity index (χ0) is 32.5. The number of alkyl halides is 4. The first-order valence-corrected chi connectivity index (χ1v) is 14.3. The molecule has 5 aromatic rings. The minimum absolute atomic E-state index is 0.147. The normalized spacial score (nSPS) is 19.9. The molecule has 7 rings (SSSR count). The molecule has 0 radical (unpaired) electrons. The van der Waals surface area contributed by atoms with Crippen molar-refractivity contribution in [1.82, 2.24) is 30.3 Å². The number of amides is 1. The van der Waals surface area contributed by atoms with Crippen molar-refractivity contribution in [2.45, 2.75) is 44.2 Å². The molecule has 2 aliphatic rings. The number of hydrogen-bond acceptors (Lipinski definition) is 5. The van der Waals surface area contributed by atoms with E-state index >= 15 is 8.78 Å². The third-order valence-electron chi connectivity index (χ3n) is 8.75. The number of carbonyl (C=O) groups is 1. The average Bonchev–Trinajstić information content (AvgIpc) is 3.28. The van der Waals surface area contributed by atoms with Gasteiger partial charge in [0.1, 0.15) is 35.1 Å². The number of aromatic nitrogens is 5. The van der Waals surface area contributed by atoms with E-state index in [0.29, 0.717) is 38.5 Å². The predicted molar refractivity (Wildman–Crippen MR) is 151 cm³/mol. The summed E-state index contributed by atoms with van der Waals surface area (Å²) in [4.78, 5) is 18.3. The number of halogens is 6. The van der Waals surface area contributed by atoms with Crippen molar-refractivity contribution in [2.24, 2.45) is 11.8 Å². The van der Waals surface area contributed by atoms with Crippen LogP contribution in [0.5, 0.6) is 0 Å². The Kier molecular flexibility index (Phi) is 6.88. The molecule has 4 atom stereocenters. The summed E-state index contributed by atoms with van der Waals surface area (Å²) in [7, 11) is 0. The van der Waals surface area contributed by atoms with Crippen LogP contribution in [0.1, 0.15) is 59.1 Å². The molecule has 2 aromatic carbocycles. The minimum atomic E-state index is -3.45. The number of hydrogen-bond donors (Lipinski definition) is 2. The molecule has 0 aliphatic heterocycles. The van der Waals surface area contributed by atoms with Crippen molar-refractivity contribution >= 4 is 16.9 Å². The van der Waals surface area contributed by atoms with Gasteiger partial charge in [-0.15, -0.1) is 0 Å². The summed E-state index contributed by atoms with van der Waals surface area (Å²) in [6.45, 7) is 0.749. The molecule has 46 heavy (non-hydrogen) atoms. The van der Waals surface area contributed by atoms with Crippen LogP contribution in [0.25, 0.3) is 22.2 Å². The molecule has 0 saturated heterocycles. The van der Waals surface area contributed by atoms with Crippen LogP contribution in [-0.4, -0.2) is 30.9 Å². The Labute approximate surface area is 257 Å². The number of nitrogens with one attached hydrogen (secondary N) is 2. The Hall–Kier alpha value is -5.19. The second kappa shape index (κ2) is 10.7. The first-order valence-electron chi connectivity index (χ1n) is 14.3. The number of pyridine rings is 1. The highest BCUT2D eigenvalue weighted by Crippen LogP contribution is 2.71. The van der Waals surface area contributed by atoms with E-state index < -0.39 is 71.6 Å². The van der Waals surface area contributed by atoms with Gasteiger partial charge >= 0.3 is 0 Å². The summed E-state index contributed by atoms with van der Waals surface area (Å²) in [6, 6.07) is 12.0. The first-order chi connectivity index (χ1) is 22.0. The van der Waals surface area contributed by atoms with Crippen LogP contribution in [0.4, 0.5) is 26.3 Å². The largest absolute Gasteiger partial charge is 0.346 e. The molecule has 3 unspecified atom stereocenters. The van der Waals surface area contributed by atoms with Crippen LogP contribution in [-0.2, 0) is 23.7 Å². The molecule has 3 heterocycles. The van der Waals surface area contributed by atoms with Gasteiger partial charge in [0, 0.05) is 29.0 Å². The Bertz CT molecular complexity index is 2050. The molecular formula is C32H23F6N7O. The number of carbonyl (C=O) groups excluding carboxylic acids is 1. The second-order valence-electron chi connectivity index (χ2n) is 11.7.